The van der Waals surface area contributed by atoms with Crippen LogP contribution in [-0.4, -0.2) is 24.0 Å². The fourth-order valence-corrected chi connectivity index (χ4v) is 1.18. The van der Waals surface area contributed by atoms with E-state index in [2.05, 4.69) is 5.32 Å². The van der Waals surface area contributed by atoms with Crippen molar-refractivity contribution in [3.63, 3.8) is 0 Å². The van der Waals surface area contributed by atoms with E-state index in [1.165, 1.54) is 0 Å². The molecular weight excluding hydrogens is 206 g/mol. The predicted molar refractivity (Wildman–Crippen MR) is 63.3 cm³/mol. The van der Waals surface area contributed by atoms with Gasteiger partial charge in [0.1, 0.15) is 11.9 Å². The Morgan fingerprint density at radius 1 is 1.25 bits per heavy atom. The molecule has 1 amide bonds. The quantitative estimate of drug-likeness (QED) is 0.756. The average molecular weight is 229 g/mol. The van der Waals surface area contributed by atoms with Gasteiger partial charge in [-0.1, -0.05) is 20.8 Å². The van der Waals surface area contributed by atoms with Crippen molar-refractivity contribution in [2.45, 2.75) is 59.6 Å². The second kappa shape index (κ2) is 5.32. The zero-order chi connectivity index (χ0) is 13.0. The molecule has 0 rings (SSSR count). The highest BCUT2D eigenvalue weighted by Crippen LogP contribution is 2.21. The van der Waals surface area contributed by atoms with Crippen LogP contribution in [0.4, 0.5) is 4.79 Å². The number of carbonyl (C=O) groups is 2. The summed E-state index contributed by atoms with van der Waals surface area (Å²) in [4.78, 5) is 22.1. The molecule has 0 fully saturated rings. The minimum Gasteiger partial charge on any atom is -0.444 e. The summed E-state index contributed by atoms with van der Waals surface area (Å²) in [5.41, 5.74) is -0.689. The van der Waals surface area contributed by atoms with Gasteiger partial charge < -0.3 is 14.8 Å². The molecule has 0 saturated carbocycles. The first-order chi connectivity index (χ1) is 7.06. The van der Waals surface area contributed by atoms with Crippen molar-refractivity contribution in [1.82, 2.24) is 5.32 Å². The number of aldehydes is 1. The largest absolute Gasteiger partial charge is 0.444 e. The van der Waals surface area contributed by atoms with E-state index in [0.29, 0.717) is 6.42 Å². The Kier molecular flexibility index (Phi) is 4.97. The molecule has 4 heteroatoms. The first kappa shape index (κ1) is 14.9. The molecule has 0 aromatic heterocycles. The Hall–Kier alpha value is -1.06. The van der Waals surface area contributed by atoms with Crippen LogP contribution in [0.15, 0.2) is 0 Å². The van der Waals surface area contributed by atoms with Crippen LogP contribution in [0.1, 0.15) is 48.0 Å². The standard InChI is InChI=1S/C12H23NO3/c1-11(2,3)9(7-8-14)13-10(15)16-12(4,5)6/h8-9H,7H2,1-6H3,(H,13,15)/t9-/m1/s1. The van der Waals surface area contributed by atoms with Crippen LogP contribution < -0.4 is 5.32 Å². The number of carbonyl (C=O) groups excluding carboxylic acids is 2. The van der Waals surface area contributed by atoms with Crippen LogP contribution in [0.3, 0.4) is 0 Å². The van der Waals surface area contributed by atoms with Crippen LogP contribution in [0.2, 0.25) is 0 Å². The maximum Gasteiger partial charge on any atom is 0.407 e. The van der Waals surface area contributed by atoms with Gasteiger partial charge in [0.25, 0.3) is 0 Å². The number of nitrogens with one attached hydrogen (secondary N) is 1. The molecule has 0 aliphatic rings. The molecule has 0 saturated heterocycles. The molecular formula is C12H23NO3. The van der Waals surface area contributed by atoms with Gasteiger partial charge in [0.15, 0.2) is 0 Å². The number of hydrogen-bond acceptors (Lipinski definition) is 3. The third-order valence-electron chi connectivity index (χ3n) is 2.07. The Morgan fingerprint density at radius 2 is 1.75 bits per heavy atom. The van der Waals surface area contributed by atoms with Gasteiger partial charge in [-0.25, -0.2) is 4.79 Å². The Labute approximate surface area is 97.7 Å². The maximum atomic E-state index is 11.5. The molecule has 1 N–H and O–H groups in total. The highest BCUT2D eigenvalue weighted by atomic mass is 16.6. The van der Waals surface area contributed by atoms with Crippen molar-refractivity contribution in [3.8, 4) is 0 Å². The summed E-state index contributed by atoms with van der Waals surface area (Å²) in [5, 5.41) is 2.72. The molecule has 0 aliphatic carbocycles. The van der Waals surface area contributed by atoms with Crippen LogP contribution in [0.5, 0.6) is 0 Å². The number of ether oxygens (including phenoxy) is 1. The van der Waals surface area contributed by atoms with E-state index in [0.717, 1.165) is 6.29 Å². The van der Waals surface area contributed by atoms with Gasteiger partial charge >= 0.3 is 6.09 Å². The van der Waals surface area contributed by atoms with Crippen molar-refractivity contribution in [2.75, 3.05) is 0 Å². The fourth-order valence-electron chi connectivity index (χ4n) is 1.18. The van der Waals surface area contributed by atoms with Crippen molar-refractivity contribution in [1.29, 1.82) is 0 Å². The van der Waals surface area contributed by atoms with E-state index < -0.39 is 11.7 Å². The third kappa shape index (κ3) is 6.43. The van der Waals surface area contributed by atoms with Gasteiger partial charge in [-0.15, -0.1) is 0 Å². The average Bonchev–Trinajstić information content (AvgIpc) is 1.97. The summed E-state index contributed by atoms with van der Waals surface area (Å²) >= 11 is 0. The van der Waals surface area contributed by atoms with Gasteiger partial charge in [0.2, 0.25) is 0 Å². The second-order valence-electron chi connectivity index (χ2n) is 5.97. The topological polar surface area (TPSA) is 55.4 Å². The summed E-state index contributed by atoms with van der Waals surface area (Å²) in [6, 6.07) is -0.208. The molecule has 0 spiro atoms. The maximum absolute atomic E-state index is 11.5. The normalized spacial score (nSPS) is 14.1. The van der Waals surface area contributed by atoms with Gasteiger partial charge in [-0.05, 0) is 26.2 Å². The molecule has 94 valence electrons. The number of rotatable bonds is 3. The smallest absolute Gasteiger partial charge is 0.407 e. The summed E-state index contributed by atoms with van der Waals surface area (Å²) in [6.07, 6.45) is 0.630. The van der Waals surface area contributed by atoms with Gasteiger partial charge in [-0.2, -0.15) is 0 Å². The first-order valence-corrected chi connectivity index (χ1v) is 5.49. The van der Waals surface area contributed by atoms with Crippen LogP contribution in [0, 0.1) is 5.41 Å². The molecule has 1 atom stereocenters. The monoisotopic (exact) mass is 229 g/mol. The Balaban J connectivity index is 4.42. The highest BCUT2D eigenvalue weighted by molar-refractivity contribution is 5.69. The molecule has 0 aromatic rings. The van der Waals surface area contributed by atoms with E-state index in [1.54, 1.807) is 20.8 Å². The van der Waals surface area contributed by atoms with E-state index in [-0.39, 0.29) is 11.5 Å². The molecule has 0 aliphatic heterocycles. The summed E-state index contributed by atoms with van der Waals surface area (Å²) in [5.74, 6) is 0. The van der Waals surface area contributed by atoms with Crippen LogP contribution in [0.25, 0.3) is 0 Å². The molecule has 16 heavy (non-hydrogen) atoms. The van der Waals surface area contributed by atoms with Crippen molar-refractivity contribution in [3.05, 3.63) is 0 Å². The lowest BCUT2D eigenvalue weighted by atomic mass is 9.85. The molecule has 0 unspecified atom stereocenters. The number of hydrogen-bond donors (Lipinski definition) is 1. The van der Waals surface area contributed by atoms with Crippen LogP contribution in [-0.2, 0) is 9.53 Å². The third-order valence-corrected chi connectivity index (χ3v) is 2.07. The number of amides is 1. The Morgan fingerprint density at radius 3 is 2.06 bits per heavy atom. The van der Waals surface area contributed by atoms with E-state index in [4.69, 9.17) is 4.74 Å². The van der Waals surface area contributed by atoms with Crippen molar-refractivity contribution in [2.24, 2.45) is 5.41 Å². The Bertz CT molecular complexity index is 248. The molecule has 0 aromatic carbocycles. The fraction of sp³-hybridized carbons (Fsp3) is 0.833. The zero-order valence-corrected chi connectivity index (χ0v) is 11.1. The first-order valence-electron chi connectivity index (χ1n) is 5.49. The minimum atomic E-state index is -0.520. The summed E-state index contributed by atoms with van der Waals surface area (Å²) < 4.78 is 5.14. The van der Waals surface area contributed by atoms with E-state index >= 15 is 0 Å². The lowest BCUT2D eigenvalue weighted by Gasteiger charge is -2.31. The molecule has 0 radical (unpaired) electrons. The van der Waals surface area contributed by atoms with Gasteiger partial charge in [0.05, 0.1) is 0 Å². The van der Waals surface area contributed by atoms with Gasteiger partial charge in [0, 0.05) is 12.5 Å². The van der Waals surface area contributed by atoms with Gasteiger partial charge in [-0.3, -0.25) is 0 Å². The molecule has 0 heterocycles. The minimum absolute atomic E-state index is 0.169. The van der Waals surface area contributed by atoms with E-state index in [1.807, 2.05) is 20.8 Å². The van der Waals surface area contributed by atoms with Crippen molar-refractivity contribution >= 4 is 12.4 Å². The van der Waals surface area contributed by atoms with Crippen LogP contribution >= 0.6 is 0 Å². The SMILES string of the molecule is CC(C)(C)OC(=O)N[C@H](CC=O)C(C)(C)C. The lowest BCUT2D eigenvalue weighted by Crippen LogP contribution is -2.45. The highest BCUT2D eigenvalue weighted by Gasteiger charge is 2.27. The molecule has 0 bridgehead atoms. The summed E-state index contributed by atoms with van der Waals surface area (Å²) in [6.45, 7) is 11.3. The lowest BCUT2D eigenvalue weighted by molar-refractivity contribution is -0.108. The second-order valence-corrected chi connectivity index (χ2v) is 5.97. The number of alkyl carbamates (subject to hydrolysis) is 1. The molecule has 4 nitrogen and oxygen atoms in total. The zero-order valence-electron chi connectivity index (χ0n) is 11.1. The van der Waals surface area contributed by atoms with Crippen molar-refractivity contribution < 1.29 is 14.3 Å². The predicted octanol–water partition coefficient (Wildman–Crippen LogP) is 2.51. The summed E-state index contributed by atoms with van der Waals surface area (Å²) in [7, 11) is 0. The van der Waals surface area contributed by atoms with E-state index in [9.17, 15) is 9.59 Å².